The van der Waals surface area contributed by atoms with Crippen LogP contribution in [0.1, 0.15) is 26.3 Å². The lowest BCUT2D eigenvalue weighted by atomic mass is 10.1. The summed E-state index contributed by atoms with van der Waals surface area (Å²) in [7, 11) is 2.11. The quantitative estimate of drug-likeness (QED) is 0.296. The number of nitrogens with zero attached hydrogens (tertiary/aromatic N) is 4. The lowest BCUT2D eigenvalue weighted by Crippen LogP contribution is -2.47. The molecule has 2 rings (SSSR count). The van der Waals surface area contributed by atoms with Crippen LogP contribution in [0, 0.1) is 5.92 Å². The molecule has 0 radical (unpaired) electrons. The number of likely N-dealkylation sites (N-methyl/N-ethyl adjacent to an activating group) is 1. The van der Waals surface area contributed by atoms with Crippen molar-refractivity contribution in [3.05, 3.63) is 34.3 Å². The summed E-state index contributed by atoms with van der Waals surface area (Å²) in [6, 6.07) is 8.49. The van der Waals surface area contributed by atoms with Gasteiger partial charge in [-0.15, -0.1) is 24.0 Å². The number of nitrogens with one attached hydrogen (secondary N) is 1. The summed E-state index contributed by atoms with van der Waals surface area (Å²) in [5.41, 5.74) is 1.29. The van der Waals surface area contributed by atoms with E-state index < -0.39 is 0 Å². The smallest absolute Gasteiger partial charge is 0.193 e. The van der Waals surface area contributed by atoms with Gasteiger partial charge in [0.15, 0.2) is 5.96 Å². The van der Waals surface area contributed by atoms with Gasteiger partial charge in [-0.2, -0.15) is 0 Å². The van der Waals surface area contributed by atoms with Gasteiger partial charge in [-0.3, -0.25) is 4.99 Å². The third kappa shape index (κ3) is 8.97. The van der Waals surface area contributed by atoms with Crippen molar-refractivity contribution < 1.29 is 0 Å². The standard InChI is InChI=1S/C21H36BrN5.HI/c1-5-23-21(25(4)17-19-7-9-20(22)10-8-19)24-15-18(3)16-27-13-11-26(6-2)12-14-27;/h7-10,18H,5-6,11-17H2,1-4H3,(H,23,24);1H. The molecule has 0 bridgehead atoms. The van der Waals surface area contributed by atoms with Crippen LogP contribution in [-0.2, 0) is 6.54 Å². The zero-order valence-electron chi connectivity index (χ0n) is 17.8. The maximum Gasteiger partial charge on any atom is 0.193 e. The van der Waals surface area contributed by atoms with Gasteiger partial charge in [0.05, 0.1) is 0 Å². The van der Waals surface area contributed by atoms with Crippen LogP contribution in [0.15, 0.2) is 33.7 Å². The number of hydrogen-bond donors (Lipinski definition) is 1. The summed E-state index contributed by atoms with van der Waals surface area (Å²) in [5, 5.41) is 3.43. The van der Waals surface area contributed by atoms with Crippen LogP contribution in [0.3, 0.4) is 0 Å². The van der Waals surface area contributed by atoms with E-state index in [0.717, 1.165) is 36.6 Å². The topological polar surface area (TPSA) is 34.1 Å². The Bertz CT molecular complexity index is 573. The predicted molar refractivity (Wildman–Crippen MR) is 135 cm³/mol. The van der Waals surface area contributed by atoms with Gasteiger partial charge in [-0.25, -0.2) is 0 Å². The Morgan fingerprint density at radius 2 is 1.75 bits per heavy atom. The summed E-state index contributed by atoms with van der Waals surface area (Å²) in [5.74, 6) is 1.55. The highest BCUT2D eigenvalue weighted by molar-refractivity contribution is 14.0. The van der Waals surface area contributed by atoms with Crippen molar-refractivity contribution in [2.75, 3.05) is 59.4 Å². The molecule has 1 saturated heterocycles. The van der Waals surface area contributed by atoms with Crippen LogP contribution < -0.4 is 5.32 Å². The first-order chi connectivity index (χ1) is 13.0. The molecule has 5 nitrogen and oxygen atoms in total. The lowest BCUT2D eigenvalue weighted by Gasteiger charge is -2.35. The fraction of sp³-hybridized carbons (Fsp3) is 0.667. The number of guanidine groups is 1. The van der Waals surface area contributed by atoms with Crippen LogP contribution in [-0.4, -0.2) is 80.1 Å². The molecule has 7 heteroatoms. The lowest BCUT2D eigenvalue weighted by molar-refractivity contribution is 0.125. The second-order valence-electron chi connectivity index (χ2n) is 7.52. The molecule has 0 saturated carbocycles. The largest absolute Gasteiger partial charge is 0.357 e. The van der Waals surface area contributed by atoms with E-state index in [1.165, 1.54) is 38.3 Å². The Balaban J connectivity index is 0.00000392. The minimum atomic E-state index is 0. The Labute approximate surface area is 197 Å². The Kier molecular flexibility index (Phi) is 12.6. The van der Waals surface area contributed by atoms with Crippen molar-refractivity contribution in [1.29, 1.82) is 0 Å². The first-order valence-electron chi connectivity index (χ1n) is 10.2. The van der Waals surface area contributed by atoms with E-state index in [4.69, 9.17) is 4.99 Å². The molecule has 1 aliphatic heterocycles. The second kappa shape index (κ2) is 13.8. The number of aliphatic imine (C=N–C) groups is 1. The average molecular weight is 566 g/mol. The molecule has 1 N–H and O–H groups in total. The van der Waals surface area contributed by atoms with E-state index in [2.05, 4.69) is 88.0 Å². The highest BCUT2D eigenvalue weighted by atomic mass is 127. The van der Waals surface area contributed by atoms with Gasteiger partial charge in [0.25, 0.3) is 0 Å². The minimum absolute atomic E-state index is 0. The average Bonchev–Trinajstić information content (AvgIpc) is 2.67. The molecule has 1 aromatic rings. The molecule has 0 amide bonds. The fourth-order valence-electron chi connectivity index (χ4n) is 3.44. The molecule has 1 aliphatic rings. The van der Waals surface area contributed by atoms with Gasteiger partial charge in [-0.1, -0.05) is 41.9 Å². The van der Waals surface area contributed by atoms with Crippen LogP contribution in [0.2, 0.25) is 0 Å². The molecule has 160 valence electrons. The molecule has 0 aromatic heterocycles. The maximum absolute atomic E-state index is 4.91. The maximum atomic E-state index is 4.91. The molecule has 0 aliphatic carbocycles. The Morgan fingerprint density at radius 3 is 2.32 bits per heavy atom. The molecule has 1 heterocycles. The highest BCUT2D eigenvalue weighted by Gasteiger charge is 2.17. The van der Waals surface area contributed by atoms with Gasteiger partial charge < -0.3 is 20.0 Å². The van der Waals surface area contributed by atoms with Crippen molar-refractivity contribution in [2.45, 2.75) is 27.3 Å². The van der Waals surface area contributed by atoms with E-state index in [1.54, 1.807) is 0 Å². The van der Waals surface area contributed by atoms with E-state index in [9.17, 15) is 0 Å². The van der Waals surface area contributed by atoms with Gasteiger partial charge in [0, 0.05) is 63.9 Å². The van der Waals surface area contributed by atoms with Crippen LogP contribution in [0.4, 0.5) is 0 Å². The van der Waals surface area contributed by atoms with E-state index in [1.807, 2.05) is 0 Å². The molecule has 1 aromatic carbocycles. The zero-order valence-corrected chi connectivity index (χ0v) is 21.7. The fourth-order valence-corrected chi connectivity index (χ4v) is 3.70. The molecule has 0 spiro atoms. The van der Waals surface area contributed by atoms with Crippen molar-refractivity contribution in [1.82, 2.24) is 20.0 Å². The monoisotopic (exact) mass is 565 g/mol. The molecule has 28 heavy (non-hydrogen) atoms. The number of rotatable bonds is 8. The molecule has 1 fully saturated rings. The predicted octanol–water partition coefficient (Wildman–Crippen LogP) is 3.74. The van der Waals surface area contributed by atoms with Crippen molar-refractivity contribution in [3.63, 3.8) is 0 Å². The van der Waals surface area contributed by atoms with Gasteiger partial charge in [-0.05, 0) is 37.1 Å². The number of piperazine rings is 1. The Hall–Kier alpha value is -0.380. The summed E-state index contributed by atoms with van der Waals surface area (Å²) in [4.78, 5) is 12.2. The molecule has 1 atom stereocenters. The van der Waals surface area contributed by atoms with Crippen LogP contribution in [0.5, 0.6) is 0 Å². The van der Waals surface area contributed by atoms with E-state index >= 15 is 0 Å². The summed E-state index contributed by atoms with van der Waals surface area (Å²) < 4.78 is 1.11. The van der Waals surface area contributed by atoms with Crippen molar-refractivity contribution in [3.8, 4) is 0 Å². The van der Waals surface area contributed by atoms with E-state index in [-0.39, 0.29) is 24.0 Å². The second-order valence-corrected chi connectivity index (χ2v) is 8.43. The summed E-state index contributed by atoms with van der Waals surface area (Å²) >= 11 is 3.50. The summed E-state index contributed by atoms with van der Waals surface area (Å²) in [6.45, 7) is 16.4. The SMILES string of the molecule is CCNC(=NCC(C)CN1CCN(CC)CC1)N(C)Cc1ccc(Br)cc1.I. The number of benzene rings is 1. The van der Waals surface area contributed by atoms with Gasteiger partial charge >= 0.3 is 0 Å². The van der Waals surface area contributed by atoms with Gasteiger partial charge in [0.1, 0.15) is 0 Å². The molecular formula is C21H37BrIN5. The van der Waals surface area contributed by atoms with Gasteiger partial charge in [0.2, 0.25) is 0 Å². The normalized spacial score (nSPS) is 17.1. The molecular weight excluding hydrogens is 529 g/mol. The van der Waals surface area contributed by atoms with Crippen molar-refractivity contribution in [2.24, 2.45) is 10.9 Å². The third-order valence-electron chi connectivity index (χ3n) is 5.06. The summed E-state index contributed by atoms with van der Waals surface area (Å²) in [6.07, 6.45) is 0. The third-order valence-corrected chi connectivity index (χ3v) is 5.59. The van der Waals surface area contributed by atoms with Crippen LogP contribution in [0.25, 0.3) is 0 Å². The van der Waals surface area contributed by atoms with Crippen molar-refractivity contribution >= 4 is 45.9 Å². The first-order valence-corrected chi connectivity index (χ1v) is 11.0. The number of halogens is 2. The number of hydrogen-bond acceptors (Lipinski definition) is 3. The van der Waals surface area contributed by atoms with Crippen LogP contribution >= 0.6 is 39.9 Å². The minimum Gasteiger partial charge on any atom is -0.357 e. The Morgan fingerprint density at radius 1 is 1.14 bits per heavy atom. The molecule has 1 unspecified atom stereocenters. The zero-order chi connectivity index (χ0) is 19.6. The van der Waals surface area contributed by atoms with E-state index in [0.29, 0.717) is 5.92 Å². The first kappa shape index (κ1) is 25.7. The highest BCUT2D eigenvalue weighted by Crippen LogP contribution is 2.12.